The zero-order chi connectivity index (χ0) is 15.2. The molecule has 1 atom stereocenters. The van der Waals surface area contributed by atoms with E-state index in [0.29, 0.717) is 0 Å². The molecule has 0 saturated heterocycles. The van der Waals surface area contributed by atoms with Crippen LogP contribution in [-0.4, -0.2) is 24.0 Å². The number of urea groups is 1. The molecule has 0 aromatic heterocycles. The van der Waals surface area contributed by atoms with E-state index >= 15 is 0 Å². The van der Waals surface area contributed by atoms with Crippen LogP contribution in [0.2, 0.25) is 0 Å². The molecule has 0 spiro atoms. The normalized spacial score (nSPS) is 16.3. The van der Waals surface area contributed by atoms with Crippen LogP contribution in [0, 0.1) is 5.82 Å². The molecule has 6 heteroatoms. The molecule has 1 aromatic carbocycles. The Labute approximate surface area is 123 Å². The van der Waals surface area contributed by atoms with E-state index in [4.69, 9.17) is 0 Å². The van der Waals surface area contributed by atoms with Crippen LogP contribution in [0.3, 0.4) is 0 Å². The van der Waals surface area contributed by atoms with Crippen molar-refractivity contribution < 1.29 is 14.0 Å². The van der Waals surface area contributed by atoms with Crippen molar-refractivity contribution in [3.05, 3.63) is 30.1 Å². The minimum Gasteiger partial charge on any atom is -0.352 e. The quantitative estimate of drug-likeness (QED) is 0.797. The Balaban J connectivity index is 1.81. The second-order valence-corrected chi connectivity index (χ2v) is 5.29. The van der Waals surface area contributed by atoms with Crippen LogP contribution < -0.4 is 16.0 Å². The van der Waals surface area contributed by atoms with Gasteiger partial charge in [0, 0.05) is 6.04 Å². The first-order valence-corrected chi connectivity index (χ1v) is 7.18. The number of para-hydroxylation sites is 1. The van der Waals surface area contributed by atoms with Gasteiger partial charge in [-0.3, -0.25) is 4.79 Å². The predicted octanol–water partition coefficient (Wildman–Crippen LogP) is 2.39. The highest BCUT2D eigenvalue weighted by atomic mass is 19.1. The lowest BCUT2D eigenvalue weighted by molar-refractivity contribution is -0.123. The van der Waals surface area contributed by atoms with E-state index in [0.717, 1.165) is 25.7 Å². The van der Waals surface area contributed by atoms with E-state index < -0.39 is 17.9 Å². The standard InChI is InChI=1S/C15H20FN3O2/c1-10(14(20)18-11-6-2-3-7-11)17-15(21)19-13-9-5-4-8-12(13)16/h4-5,8-11H,2-3,6-7H2,1H3,(H,18,20)(H2,17,19,21). The summed E-state index contributed by atoms with van der Waals surface area (Å²) < 4.78 is 13.4. The Hall–Kier alpha value is -2.11. The molecule has 3 N–H and O–H groups in total. The van der Waals surface area contributed by atoms with E-state index in [-0.39, 0.29) is 17.6 Å². The number of anilines is 1. The van der Waals surface area contributed by atoms with Gasteiger partial charge in [0.15, 0.2) is 0 Å². The molecule has 0 bridgehead atoms. The van der Waals surface area contributed by atoms with Gasteiger partial charge in [-0.2, -0.15) is 0 Å². The Bertz CT molecular complexity index is 515. The Morgan fingerprint density at radius 2 is 1.90 bits per heavy atom. The largest absolute Gasteiger partial charge is 0.352 e. The first-order valence-electron chi connectivity index (χ1n) is 7.18. The lowest BCUT2D eigenvalue weighted by atomic mass is 10.2. The van der Waals surface area contributed by atoms with Crippen LogP contribution in [-0.2, 0) is 4.79 Å². The third kappa shape index (κ3) is 4.44. The predicted molar refractivity (Wildman–Crippen MR) is 78.4 cm³/mol. The summed E-state index contributed by atoms with van der Waals surface area (Å²) in [5.41, 5.74) is 0.0819. The highest BCUT2D eigenvalue weighted by Crippen LogP contribution is 2.17. The lowest BCUT2D eigenvalue weighted by Gasteiger charge is -2.18. The van der Waals surface area contributed by atoms with Gasteiger partial charge in [-0.15, -0.1) is 0 Å². The average molecular weight is 293 g/mol. The average Bonchev–Trinajstić information content (AvgIpc) is 2.94. The molecule has 5 nitrogen and oxygen atoms in total. The highest BCUT2D eigenvalue weighted by Gasteiger charge is 2.21. The number of hydrogen-bond acceptors (Lipinski definition) is 2. The Morgan fingerprint density at radius 1 is 1.24 bits per heavy atom. The molecule has 1 aliphatic carbocycles. The fraction of sp³-hybridized carbons (Fsp3) is 0.467. The summed E-state index contributed by atoms with van der Waals surface area (Å²) in [4.78, 5) is 23.7. The topological polar surface area (TPSA) is 70.2 Å². The number of amides is 3. The van der Waals surface area contributed by atoms with E-state index in [9.17, 15) is 14.0 Å². The fourth-order valence-electron chi connectivity index (χ4n) is 2.38. The van der Waals surface area contributed by atoms with Crippen molar-refractivity contribution in [1.29, 1.82) is 0 Å². The number of carbonyl (C=O) groups is 2. The van der Waals surface area contributed by atoms with Gasteiger partial charge in [0.25, 0.3) is 0 Å². The highest BCUT2D eigenvalue weighted by molar-refractivity contribution is 5.93. The molecule has 0 radical (unpaired) electrons. The number of hydrogen-bond donors (Lipinski definition) is 3. The van der Waals surface area contributed by atoms with Crippen LogP contribution in [0.1, 0.15) is 32.6 Å². The molecular weight excluding hydrogens is 273 g/mol. The number of carbonyl (C=O) groups excluding carboxylic acids is 2. The second-order valence-electron chi connectivity index (χ2n) is 5.29. The number of rotatable bonds is 4. The van der Waals surface area contributed by atoms with Crippen LogP contribution in [0.15, 0.2) is 24.3 Å². The molecule has 3 amide bonds. The molecule has 0 heterocycles. The number of nitrogens with one attached hydrogen (secondary N) is 3. The van der Waals surface area contributed by atoms with Crippen molar-refractivity contribution in [1.82, 2.24) is 10.6 Å². The van der Waals surface area contributed by atoms with Crippen LogP contribution >= 0.6 is 0 Å². The zero-order valence-electron chi connectivity index (χ0n) is 12.0. The summed E-state index contributed by atoms with van der Waals surface area (Å²) in [6, 6.07) is 4.80. The number of benzene rings is 1. The van der Waals surface area contributed by atoms with Crippen molar-refractivity contribution in [2.75, 3.05) is 5.32 Å². The van der Waals surface area contributed by atoms with Gasteiger partial charge in [-0.05, 0) is 31.9 Å². The minimum atomic E-state index is -0.669. The maximum absolute atomic E-state index is 13.4. The zero-order valence-corrected chi connectivity index (χ0v) is 12.0. The summed E-state index contributed by atoms with van der Waals surface area (Å²) in [6.07, 6.45) is 4.22. The fourth-order valence-corrected chi connectivity index (χ4v) is 2.38. The minimum absolute atomic E-state index is 0.0819. The van der Waals surface area contributed by atoms with Crippen molar-refractivity contribution in [2.45, 2.75) is 44.7 Å². The third-order valence-electron chi connectivity index (χ3n) is 3.56. The molecule has 1 aromatic rings. The Morgan fingerprint density at radius 3 is 2.57 bits per heavy atom. The van der Waals surface area contributed by atoms with Crippen LogP contribution in [0.25, 0.3) is 0 Å². The summed E-state index contributed by atoms with van der Waals surface area (Å²) in [7, 11) is 0. The smallest absolute Gasteiger partial charge is 0.319 e. The van der Waals surface area contributed by atoms with Gasteiger partial charge in [-0.1, -0.05) is 25.0 Å². The molecular formula is C15H20FN3O2. The molecule has 1 unspecified atom stereocenters. The van der Waals surface area contributed by atoms with Gasteiger partial charge >= 0.3 is 6.03 Å². The van der Waals surface area contributed by atoms with Crippen molar-refractivity contribution in [3.8, 4) is 0 Å². The van der Waals surface area contributed by atoms with E-state index in [1.165, 1.54) is 18.2 Å². The molecule has 21 heavy (non-hydrogen) atoms. The van der Waals surface area contributed by atoms with E-state index in [1.54, 1.807) is 13.0 Å². The third-order valence-corrected chi connectivity index (χ3v) is 3.56. The maximum atomic E-state index is 13.4. The van der Waals surface area contributed by atoms with Crippen molar-refractivity contribution in [3.63, 3.8) is 0 Å². The van der Waals surface area contributed by atoms with E-state index in [1.807, 2.05) is 0 Å². The second kappa shape index (κ2) is 7.06. The maximum Gasteiger partial charge on any atom is 0.319 e. The van der Waals surface area contributed by atoms with Crippen LogP contribution in [0.4, 0.5) is 14.9 Å². The van der Waals surface area contributed by atoms with Crippen molar-refractivity contribution >= 4 is 17.6 Å². The van der Waals surface area contributed by atoms with Gasteiger partial charge < -0.3 is 16.0 Å². The molecule has 2 rings (SSSR count). The lowest BCUT2D eigenvalue weighted by Crippen LogP contribution is -2.48. The number of halogens is 1. The van der Waals surface area contributed by atoms with Crippen LogP contribution in [0.5, 0.6) is 0 Å². The summed E-state index contributed by atoms with van der Waals surface area (Å²) in [5, 5.41) is 7.79. The molecule has 1 saturated carbocycles. The molecule has 1 aliphatic rings. The molecule has 1 fully saturated rings. The first kappa shape index (κ1) is 15.3. The SMILES string of the molecule is CC(NC(=O)Nc1ccccc1F)C(=O)NC1CCCC1. The summed E-state index contributed by atoms with van der Waals surface area (Å²) >= 11 is 0. The molecule has 0 aliphatic heterocycles. The van der Waals surface area contributed by atoms with Gasteiger partial charge in [0.1, 0.15) is 11.9 Å². The van der Waals surface area contributed by atoms with Gasteiger partial charge in [0.05, 0.1) is 5.69 Å². The summed E-state index contributed by atoms with van der Waals surface area (Å²) in [5.74, 6) is -0.735. The Kier molecular flexibility index (Phi) is 5.14. The first-order chi connectivity index (χ1) is 10.1. The monoisotopic (exact) mass is 293 g/mol. The van der Waals surface area contributed by atoms with E-state index in [2.05, 4.69) is 16.0 Å². The molecule has 114 valence electrons. The summed E-state index contributed by atoms with van der Waals surface area (Å²) in [6.45, 7) is 1.60. The van der Waals surface area contributed by atoms with Gasteiger partial charge in [0.2, 0.25) is 5.91 Å². The van der Waals surface area contributed by atoms with Crippen molar-refractivity contribution in [2.24, 2.45) is 0 Å². The van der Waals surface area contributed by atoms with Gasteiger partial charge in [-0.25, -0.2) is 9.18 Å².